The van der Waals surface area contributed by atoms with E-state index in [2.05, 4.69) is 27.9 Å². The summed E-state index contributed by atoms with van der Waals surface area (Å²) in [6, 6.07) is 8.12. The summed E-state index contributed by atoms with van der Waals surface area (Å²) in [4.78, 5) is 13.9. The van der Waals surface area contributed by atoms with Crippen molar-refractivity contribution in [2.75, 3.05) is 44.7 Å². The van der Waals surface area contributed by atoms with Gasteiger partial charge in [-0.15, -0.1) is 0 Å². The fraction of sp³-hybridized carbons (Fsp3) is 0.368. The molecule has 1 aliphatic heterocycles. The van der Waals surface area contributed by atoms with Gasteiger partial charge in [-0.05, 0) is 31.6 Å². The van der Waals surface area contributed by atoms with Gasteiger partial charge in [-0.3, -0.25) is 4.98 Å². The van der Waals surface area contributed by atoms with Crippen LogP contribution in [0.5, 0.6) is 0 Å². The van der Waals surface area contributed by atoms with E-state index in [0.29, 0.717) is 0 Å². The van der Waals surface area contributed by atoms with Crippen LogP contribution in [0.2, 0.25) is 0 Å². The molecule has 0 amide bonds. The highest BCUT2D eigenvalue weighted by molar-refractivity contribution is 5.65. The summed E-state index contributed by atoms with van der Waals surface area (Å²) in [6.07, 6.45) is 8.44. The van der Waals surface area contributed by atoms with Crippen molar-refractivity contribution < 1.29 is 5.11 Å². The zero-order valence-electron chi connectivity index (χ0n) is 14.1. The number of benzene rings is 1. The first-order valence-corrected chi connectivity index (χ1v) is 8.39. The molecule has 126 valence electrons. The first-order chi connectivity index (χ1) is 11.8. The maximum absolute atomic E-state index is 8.92. The maximum atomic E-state index is 8.92. The van der Waals surface area contributed by atoms with Crippen molar-refractivity contribution in [3.8, 4) is 11.3 Å². The van der Waals surface area contributed by atoms with Crippen molar-refractivity contribution in [2.45, 2.75) is 6.42 Å². The third kappa shape index (κ3) is 4.19. The van der Waals surface area contributed by atoms with E-state index in [0.717, 1.165) is 55.2 Å². The normalized spacial score (nSPS) is 16.5. The van der Waals surface area contributed by atoms with E-state index in [1.54, 1.807) is 6.08 Å². The molecule has 3 rings (SSSR count). The zero-order chi connectivity index (χ0) is 16.8. The Hall–Kier alpha value is -2.24. The van der Waals surface area contributed by atoms with Gasteiger partial charge in [0.25, 0.3) is 0 Å². The topological polar surface area (TPSA) is 52.5 Å². The number of rotatable bonds is 4. The lowest BCUT2D eigenvalue weighted by atomic mass is 10.1. The lowest BCUT2D eigenvalue weighted by Gasteiger charge is -2.21. The highest BCUT2D eigenvalue weighted by Crippen LogP contribution is 2.21. The van der Waals surface area contributed by atoms with Crippen LogP contribution >= 0.6 is 0 Å². The van der Waals surface area contributed by atoms with Gasteiger partial charge in [-0.2, -0.15) is 0 Å². The minimum atomic E-state index is 0.0446. The molecule has 1 saturated heterocycles. The molecule has 0 radical (unpaired) electrons. The van der Waals surface area contributed by atoms with E-state index in [9.17, 15) is 0 Å². The highest BCUT2D eigenvalue weighted by Gasteiger charge is 2.14. The standard InChI is InChI=1S/C19H24N4O/c1-22-8-4-9-23(11-10-22)19-15-20-14-18(21-19)17-7-2-5-16(13-17)6-3-12-24/h2-3,5-7,13-15,24H,4,8-12H2,1H3/b6-3+. The Morgan fingerprint density at radius 1 is 1.17 bits per heavy atom. The van der Waals surface area contributed by atoms with E-state index < -0.39 is 0 Å². The smallest absolute Gasteiger partial charge is 0.147 e. The Kier molecular flexibility index (Phi) is 5.56. The largest absolute Gasteiger partial charge is 0.392 e. The van der Waals surface area contributed by atoms with Crippen LogP contribution in [-0.4, -0.2) is 59.8 Å². The van der Waals surface area contributed by atoms with Crippen LogP contribution < -0.4 is 4.90 Å². The Balaban J connectivity index is 1.84. The van der Waals surface area contributed by atoms with Gasteiger partial charge in [0.2, 0.25) is 0 Å². The number of anilines is 1. The summed E-state index contributed by atoms with van der Waals surface area (Å²) in [5.74, 6) is 0.944. The fourth-order valence-electron chi connectivity index (χ4n) is 2.91. The van der Waals surface area contributed by atoms with E-state index in [-0.39, 0.29) is 6.61 Å². The second kappa shape index (κ2) is 8.04. The molecule has 5 nitrogen and oxygen atoms in total. The summed E-state index contributed by atoms with van der Waals surface area (Å²) in [6.45, 7) is 4.22. The summed E-state index contributed by atoms with van der Waals surface area (Å²) in [5.41, 5.74) is 2.96. The maximum Gasteiger partial charge on any atom is 0.147 e. The number of hydrogen-bond donors (Lipinski definition) is 1. The van der Waals surface area contributed by atoms with Crippen LogP contribution in [0.3, 0.4) is 0 Å². The van der Waals surface area contributed by atoms with Gasteiger partial charge >= 0.3 is 0 Å². The SMILES string of the molecule is CN1CCCN(c2cncc(-c3cccc(/C=C/CO)c3)n2)CC1. The average molecular weight is 324 g/mol. The molecule has 1 aromatic carbocycles. The van der Waals surface area contributed by atoms with Gasteiger partial charge in [0.05, 0.1) is 24.7 Å². The molecule has 0 bridgehead atoms. The summed E-state index contributed by atoms with van der Waals surface area (Å²) >= 11 is 0. The van der Waals surface area contributed by atoms with Crippen LogP contribution in [0.25, 0.3) is 17.3 Å². The molecule has 0 atom stereocenters. The van der Waals surface area contributed by atoms with Gasteiger partial charge in [0.15, 0.2) is 0 Å². The summed E-state index contributed by atoms with van der Waals surface area (Å²) in [7, 11) is 2.16. The average Bonchev–Trinajstić information content (AvgIpc) is 2.85. The van der Waals surface area contributed by atoms with Crippen molar-refractivity contribution >= 4 is 11.9 Å². The molecule has 0 aliphatic carbocycles. The van der Waals surface area contributed by atoms with Crippen LogP contribution in [0, 0.1) is 0 Å². The molecule has 5 heteroatoms. The van der Waals surface area contributed by atoms with Gasteiger partial charge in [0, 0.05) is 25.2 Å². The monoisotopic (exact) mass is 324 g/mol. The molecular weight excluding hydrogens is 300 g/mol. The van der Waals surface area contributed by atoms with E-state index in [1.165, 1.54) is 0 Å². The van der Waals surface area contributed by atoms with Crippen molar-refractivity contribution in [1.29, 1.82) is 0 Å². The van der Waals surface area contributed by atoms with Crippen LogP contribution in [0.1, 0.15) is 12.0 Å². The van der Waals surface area contributed by atoms with Crippen molar-refractivity contribution in [1.82, 2.24) is 14.9 Å². The van der Waals surface area contributed by atoms with Crippen LogP contribution in [0.4, 0.5) is 5.82 Å². The first-order valence-electron chi connectivity index (χ1n) is 8.39. The molecule has 0 saturated carbocycles. The Morgan fingerprint density at radius 3 is 2.96 bits per heavy atom. The Morgan fingerprint density at radius 2 is 2.08 bits per heavy atom. The van der Waals surface area contributed by atoms with Crippen LogP contribution in [0.15, 0.2) is 42.7 Å². The fourth-order valence-corrected chi connectivity index (χ4v) is 2.91. The number of hydrogen-bond acceptors (Lipinski definition) is 5. The molecule has 1 N–H and O–H groups in total. The molecule has 1 aromatic heterocycles. The Bertz CT molecular complexity index is 701. The van der Waals surface area contributed by atoms with Crippen molar-refractivity contribution in [3.63, 3.8) is 0 Å². The molecule has 1 fully saturated rings. The molecule has 0 spiro atoms. The van der Waals surface area contributed by atoms with Gasteiger partial charge in [-0.1, -0.05) is 30.4 Å². The highest BCUT2D eigenvalue weighted by atomic mass is 16.2. The molecule has 0 unspecified atom stereocenters. The molecule has 2 aromatic rings. The minimum Gasteiger partial charge on any atom is -0.392 e. The second-order valence-corrected chi connectivity index (χ2v) is 6.12. The number of aromatic nitrogens is 2. The lowest BCUT2D eigenvalue weighted by Crippen LogP contribution is -2.29. The second-order valence-electron chi connectivity index (χ2n) is 6.12. The summed E-state index contributed by atoms with van der Waals surface area (Å²) < 4.78 is 0. The van der Waals surface area contributed by atoms with Crippen LogP contribution in [-0.2, 0) is 0 Å². The molecule has 1 aliphatic rings. The van der Waals surface area contributed by atoms with E-state index >= 15 is 0 Å². The third-order valence-corrected chi connectivity index (χ3v) is 4.26. The zero-order valence-corrected chi connectivity index (χ0v) is 14.1. The molecular formula is C19H24N4O. The van der Waals surface area contributed by atoms with E-state index in [4.69, 9.17) is 10.1 Å². The van der Waals surface area contributed by atoms with Crippen molar-refractivity contribution in [3.05, 3.63) is 48.3 Å². The summed E-state index contributed by atoms with van der Waals surface area (Å²) in [5, 5.41) is 8.92. The number of aliphatic hydroxyl groups is 1. The van der Waals surface area contributed by atoms with Gasteiger partial charge in [-0.25, -0.2) is 4.98 Å². The van der Waals surface area contributed by atoms with Gasteiger partial charge in [0.1, 0.15) is 5.82 Å². The minimum absolute atomic E-state index is 0.0446. The molecule has 2 heterocycles. The Labute approximate surface area is 143 Å². The van der Waals surface area contributed by atoms with Gasteiger partial charge < -0.3 is 14.9 Å². The lowest BCUT2D eigenvalue weighted by molar-refractivity contribution is 0.343. The van der Waals surface area contributed by atoms with Crippen molar-refractivity contribution in [2.24, 2.45) is 0 Å². The number of aliphatic hydroxyl groups excluding tert-OH is 1. The first kappa shape index (κ1) is 16.6. The molecule has 24 heavy (non-hydrogen) atoms. The third-order valence-electron chi connectivity index (χ3n) is 4.26. The van der Waals surface area contributed by atoms with E-state index in [1.807, 2.05) is 36.7 Å². The number of nitrogens with zero attached hydrogens (tertiary/aromatic N) is 4. The quantitative estimate of drug-likeness (QED) is 0.935. The predicted molar refractivity (Wildman–Crippen MR) is 97.9 cm³/mol. The number of likely N-dealkylation sites (N-methyl/N-ethyl adjacent to an activating group) is 1. The predicted octanol–water partition coefficient (Wildman–Crippen LogP) is 2.29.